The minimum atomic E-state index is -3.85. The third kappa shape index (κ3) is 4.17. The van der Waals surface area contributed by atoms with Crippen LogP contribution in [0.3, 0.4) is 0 Å². The van der Waals surface area contributed by atoms with E-state index in [1.807, 2.05) is 13.0 Å². The smallest absolute Gasteiger partial charge is 0.265 e. The first-order chi connectivity index (χ1) is 6.51. The van der Waals surface area contributed by atoms with E-state index >= 15 is 0 Å². The number of nitrogens with one attached hydrogen (secondary N) is 1. The highest BCUT2D eigenvalue weighted by Crippen LogP contribution is 2.17. The first kappa shape index (κ1) is 11.6. The van der Waals surface area contributed by atoms with Gasteiger partial charge in [0.05, 0.1) is 10.8 Å². The van der Waals surface area contributed by atoms with E-state index in [1.165, 1.54) is 0 Å². The van der Waals surface area contributed by atoms with Gasteiger partial charge in [0.15, 0.2) is 0 Å². The molecule has 0 radical (unpaired) electrons. The number of aromatic amines is 1. The molecular weight excluding hydrogens is 222 g/mol. The van der Waals surface area contributed by atoms with Gasteiger partial charge in [-0.1, -0.05) is 6.92 Å². The zero-order valence-corrected chi connectivity index (χ0v) is 9.49. The molecule has 1 heterocycles. The Hall–Kier alpha value is -0.460. The lowest BCUT2D eigenvalue weighted by Gasteiger charge is -1.93. The molecule has 0 aliphatic heterocycles. The van der Waals surface area contributed by atoms with Crippen LogP contribution < -0.4 is 0 Å². The number of H-pyrrole nitrogens is 1. The minimum absolute atomic E-state index is 0.221. The van der Waals surface area contributed by atoms with Gasteiger partial charge >= 0.3 is 0 Å². The number of aromatic nitrogens is 1. The van der Waals surface area contributed by atoms with Gasteiger partial charge in [-0.25, -0.2) is 0 Å². The Morgan fingerprint density at radius 3 is 2.86 bits per heavy atom. The van der Waals surface area contributed by atoms with E-state index in [2.05, 4.69) is 4.98 Å². The molecule has 0 aliphatic rings. The van der Waals surface area contributed by atoms with Crippen LogP contribution in [-0.2, 0) is 16.5 Å². The van der Waals surface area contributed by atoms with E-state index < -0.39 is 10.1 Å². The lowest BCUT2D eigenvalue weighted by molar-refractivity contribution is 0.482. The van der Waals surface area contributed by atoms with Crippen LogP contribution in [-0.4, -0.2) is 29.5 Å². The largest absolute Gasteiger partial charge is 0.356 e. The van der Waals surface area contributed by atoms with Crippen LogP contribution in [0.1, 0.15) is 12.5 Å². The number of thioether (sulfide) groups is 1. The Balaban J connectivity index is 2.52. The highest BCUT2D eigenvalue weighted by molar-refractivity contribution is 7.99. The average molecular weight is 235 g/mol. The lowest BCUT2D eigenvalue weighted by atomic mass is 10.3. The van der Waals surface area contributed by atoms with Crippen molar-refractivity contribution >= 4 is 21.9 Å². The summed E-state index contributed by atoms with van der Waals surface area (Å²) in [6.07, 6.45) is 2.11. The average Bonchev–Trinajstić information content (AvgIpc) is 2.49. The van der Waals surface area contributed by atoms with E-state index in [4.69, 9.17) is 4.55 Å². The predicted molar refractivity (Wildman–Crippen MR) is 57.3 cm³/mol. The molecule has 6 heteroatoms. The monoisotopic (exact) mass is 235 g/mol. The molecule has 1 aromatic heterocycles. The molecule has 4 nitrogen and oxygen atoms in total. The second kappa shape index (κ2) is 4.86. The number of rotatable bonds is 5. The fraction of sp³-hybridized carbons (Fsp3) is 0.500. The van der Waals surface area contributed by atoms with Crippen LogP contribution in [0.25, 0.3) is 0 Å². The van der Waals surface area contributed by atoms with Gasteiger partial charge < -0.3 is 4.98 Å². The Bertz CT molecular complexity index is 383. The van der Waals surface area contributed by atoms with Gasteiger partial charge in [0.1, 0.15) is 0 Å². The normalized spacial score (nSPS) is 11.9. The van der Waals surface area contributed by atoms with Crippen molar-refractivity contribution in [2.75, 3.05) is 11.5 Å². The molecule has 0 saturated heterocycles. The van der Waals surface area contributed by atoms with Gasteiger partial charge in [-0.2, -0.15) is 8.42 Å². The molecule has 14 heavy (non-hydrogen) atoms. The van der Waals surface area contributed by atoms with Crippen LogP contribution in [0.2, 0.25) is 0 Å². The quantitative estimate of drug-likeness (QED) is 0.600. The highest BCUT2D eigenvalue weighted by Gasteiger charge is 2.06. The molecule has 0 spiro atoms. The fourth-order valence-corrected chi connectivity index (χ4v) is 2.23. The molecular formula is C8H13NO3S2. The van der Waals surface area contributed by atoms with Crippen LogP contribution in [0.15, 0.2) is 17.3 Å². The topological polar surface area (TPSA) is 70.2 Å². The molecule has 0 aromatic carbocycles. The number of aryl methyl sites for hydroxylation is 1. The Morgan fingerprint density at radius 1 is 1.57 bits per heavy atom. The summed E-state index contributed by atoms with van der Waals surface area (Å²) in [5.41, 5.74) is 0.901. The molecule has 0 amide bonds. The Morgan fingerprint density at radius 2 is 2.29 bits per heavy atom. The first-order valence-corrected chi connectivity index (χ1v) is 6.86. The summed E-state index contributed by atoms with van der Waals surface area (Å²) in [6.45, 7) is 2.05. The summed E-state index contributed by atoms with van der Waals surface area (Å²) in [4.78, 5) is 3.03. The predicted octanol–water partition coefficient (Wildman–Crippen LogP) is 1.56. The Labute approximate surface area is 87.9 Å². The minimum Gasteiger partial charge on any atom is -0.356 e. The van der Waals surface area contributed by atoms with Crippen molar-refractivity contribution < 1.29 is 13.0 Å². The van der Waals surface area contributed by atoms with Gasteiger partial charge in [-0.3, -0.25) is 4.55 Å². The molecule has 0 aliphatic carbocycles. The van der Waals surface area contributed by atoms with Gasteiger partial charge in [0, 0.05) is 6.20 Å². The van der Waals surface area contributed by atoms with Crippen molar-refractivity contribution in [2.45, 2.75) is 18.4 Å². The molecule has 1 rings (SSSR count). The number of hydrogen-bond donors (Lipinski definition) is 2. The fourth-order valence-electron chi connectivity index (χ4n) is 1.05. The zero-order chi connectivity index (χ0) is 10.6. The van der Waals surface area contributed by atoms with Crippen LogP contribution in [0, 0.1) is 0 Å². The van der Waals surface area contributed by atoms with Crippen LogP contribution in [0.5, 0.6) is 0 Å². The van der Waals surface area contributed by atoms with Gasteiger partial charge in [-0.05, 0) is 23.8 Å². The standard InChI is InChI=1S/C8H13NO3S2/c1-2-13-8-5-7(6-9-8)3-4-14(10,11)12/h5-6,9H,2-4H2,1H3,(H,10,11,12). The summed E-state index contributed by atoms with van der Waals surface area (Å²) in [5, 5.41) is 1.03. The van der Waals surface area contributed by atoms with E-state index in [1.54, 1.807) is 18.0 Å². The molecule has 80 valence electrons. The zero-order valence-electron chi connectivity index (χ0n) is 7.86. The number of hydrogen-bond acceptors (Lipinski definition) is 3. The van der Waals surface area contributed by atoms with Crippen molar-refractivity contribution in [1.29, 1.82) is 0 Å². The maximum Gasteiger partial charge on any atom is 0.265 e. The molecule has 0 bridgehead atoms. The van der Waals surface area contributed by atoms with Crippen molar-refractivity contribution in [2.24, 2.45) is 0 Å². The molecule has 1 aromatic rings. The molecule has 0 saturated carbocycles. The molecule has 0 unspecified atom stereocenters. The lowest BCUT2D eigenvalue weighted by Crippen LogP contribution is -2.05. The van der Waals surface area contributed by atoms with E-state index in [0.717, 1.165) is 16.3 Å². The second-order valence-corrected chi connectivity index (χ2v) is 5.72. The maximum atomic E-state index is 10.5. The van der Waals surface area contributed by atoms with Gasteiger partial charge in [0.25, 0.3) is 10.1 Å². The van der Waals surface area contributed by atoms with E-state index in [-0.39, 0.29) is 5.75 Å². The molecule has 0 atom stereocenters. The SMILES string of the molecule is CCSc1cc(CCS(=O)(=O)O)c[nH]1. The first-order valence-electron chi connectivity index (χ1n) is 4.26. The van der Waals surface area contributed by atoms with Crippen molar-refractivity contribution in [3.63, 3.8) is 0 Å². The van der Waals surface area contributed by atoms with Gasteiger partial charge in [-0.15, -0.1) is 11.8 Å². The van der Waals surface area contributed by atoms with Crippen LogP contribution in [0.4, 0.5) is 0 Å². The molecule has 2 N–H and O–H groups in total. The van der Waals surface area contributed by atoms with Crippen molar-refractivity contribution in [3.05, 3.63) is 17.8 Å². The van der Waals surface area contributed by atoms with Crippen molar-refractivity contribution in [1.82, 2.24) is 4.98 Å². The maximum absolute atomic E-state index is 10.5. The third-order valence-electron chi connectivity index (χ3n) is 1.66. The van der Waals surface area contributed by atoms with Crippen molar-refractivity contribution in [3.8, 4) is 0 Å². The third-order valence-corrected chi connectivity index (χ3v) is 3.22. The van der Waals surface area contributed by atoms with Gasteiger partial charge in [0.2, 0.25) is 0 Å². The van der Waals surface area contributed by atoms with Crippen LogP contribution >= 0.6 is 11.8 Å². The van der Waals surface area contributed by atoms with E-state index in [9.17, 15) is 8.42 Å². The summed E-state index contributed by atoms with van der Waals surface area (Å²) in [6, 6.07) is 1.90. The summed E-state index contributed by atoms with van der Waals surface area (Å²) < 4.78 is 29.5. The highest BCUT2D eigenvalue weighted by atomic mass is 32.2. The molecule has 0 fully saturated rings. The summed E-state index contributed by atoms with van der Waals surface area (Å²) >= 11 is 1.66. The summed E-state index contributed by atoms with van der Waals surface area (Å²) in [5.74, 6) is 0.749. The Kier molecular flexibility index (Phi) is 4.03. The summed E-state index contributed by atoms with van der Waals surface area (Å²) in [7, 11) is -3.85. The van der Waals surface area contributed by atoms with E-state index in [0.29, 0.717) is 6.42 Å². The second-order valence-electron chi connectivity index (χ2n) is 2.84.